The highest BCUT2D eigenvalue weighted by atomic mass is 16.5. The minimum atomic E-state index is -0.0428. The van der Waals surface area contributed by atoms with Gasteiger partial charge in [-0.15, -0.1) is 10.2 Å². The number of methoxy groups -OCH3 is 1. The molecule has 0 radical (unpaired) electrons. The zero-order valence-electron chi connectivity index (χ0n) is 15.0. The molecule has 1 unspecified atom stereocenters. The van der Waals surface area contributed by atoms with Crippen LogP contribution in [0.3, 0.4) is 0 Å². The second kappa shape index (κ2) is 7.51. The minimum Gasteiger partial charge on any atom is -0.495 e. The Labute approximate surface area is 148 Å². The second-order valence-corrected chi connectivity index (χ2v) is 6.63. The molecule has 1 atom stereocenters. The van der Waals surface area contributed by atoms with Crippen molar-refractivity contribution in [1.82, 2.24) is 15.1 Å². The third-order valence-corrected chi connectivity index (χ3v) is 4.45. The van der Waals surface area contributed by atoms with E-state index in [0.717, 1.165) is 36.5 Å². The number of benzene rings is 1. The van der Waals surface area contributed by atoms with E-state index in [0.29, 0.717) is 17.4 Å². The predicted octanol–water partition coefficient (Wildman–Crippen LogP) is 3.41. The van der Waals surface area contributed by atoms with Crippen LogP contribution in [0.4, 0.5) is 11.5 Å². The molecule has 132 valence electrons. The van der Waals surface area contributed by atoms with Crippen LogP contribution in [0.2, 0.25) is 0 Å². The topological polar surface area (TPSA) is 67.3 Å². The predicted molar refractivity (Wildman–Crippen MR) is 97.3 cm³/mol. The number of hydrogen-bond donors (Lipinski definition) is 1. The summed E-state index contributed by atoms with van der Waals surface area (Å²) in [5, 5.41) is 11.5. The number of ether oxygens (including phenoxy) is 1. The van der Waals surface area contributed by atoms with Gasteiger partial charge in [0.1, 0.15) is 5.75 Å². The Balaban J connectivity index is 1.72. The molecule has 1 saturated heterocycles. The molecule has 1 aliphatic rings. The molecule has 3 rings (SSSR count). The number of amides is 1. The number of piperidine rings is 1. The molecule has 2 aromatic rings. The number of aromatic nitrogens is 2. The fraction of sp³-hybridized carbons (Fsp3) is 0.421. The number of nitrogens with one attached hydrogen (secondary N) is 1. The van der Waals surface area contributed by atoms with Gasteiger partial charge in [0.2, 0.25) is 0 Å². The van der Waals surface area contributed by atoms with Gasteiger partial charge in [0.25, 0.3) is 5.91 Å². The van der Waals surface area contributed by atoms with Gasteiger partial charge in [-0.05, 0) is 55.5 Å². The van der Waals surface area contributed by atoms with Crippen molar-refractivity contribution < 1.29 is 9.53 Å². The highest BCUT2D eigenvalue weighted by Gasteiger charge is 2.23. The molecule has 1 amide bonds. The van der Waals surface area contributed by atoms with Crippen LogP contribution in [0.5, 0.6) is 5.75 Å². The van der Waals surface area contributed by atoms with Crippen molar-refractivity contribution in [3.8, 4) is 5.75 Å². The molecule has 1 aromatic heterocycles. The minimum absolute atomic E-state index is 0.0428. The third-order valence-electron chi connectivity index (χ3n) is 4.45. The Kier molecular flexibility index (Phi) is 5.16. The number of likely N-dealkylation sites (tertiary alicyclic amines) is 1. The van der Waals surface area contributed by atoms with Gasteiger partial charge >= 0.3 is 0 Å². The first kappa shape index (κ1) is 17.2. The van der Waals surface area contributed by atoms with Crippen molar-refractivity contribution in [2.24, 2.45) is 5.92 Å². The zero-order valence-corrected chi connectivity index (χ0v) is 15.0. The Bertz CT molecular complexity index is 746. The van der Waals surface area contributed by atoms with Crippen molar-refractivity contribution >= 4 is 17.4 Å². The molecule has 2 heterocycles. The van der Waals surface area contributed by atoms with Crippen LogP contribution in [0.15, 0.2) is 30.3 Å². The normalized spacial score (nSPS) is 17.2. The zero-order chi connectivity index (χ0) is 17.8. The van der Waals surface area contributed by atoms with Gasteiger partial charge in [0, 0.05) is 13.1 Å². The lowest BCUT2D eigenvalue weighted by atomic mass is 10.00. The SMILES string of the molecule is COc1ccc(C)cc1Nc1ccc(C(=O)N2CCCC(C)C2)nn1. The van der Waals surface area contributed by atoms with E-state index in [1.807, 2.05) is 30.0 Å². The lowest BCUT2D eigenvalue weighted by Gasteiger charge is -2.30. The fourth-order valence-electron chi connectivity index (χ4n) is 3.11. The number of aryl methyl sites for hydroxylation is 1. The van der Waals surface area contributed by atoms with Crippen molar-refractivity contribution in [3.63, 3.8) is 0 Å². The van der Waals surface area contributed by atoms with Crippen molar-refractivity contribution in [1.29, 1.82) is 0 Å². The summed E-state index contributed by atoms with van der Waals surface area (Å²) in [6.45, 7) is 5.78. The van der Waals surface area contributed by atoms with Crippen LogP contribution in [0, 0.1) is 12.8 Å². The molecule has 25 heavy (non-hydrogen) atoms. The van der Waals surface area contributed by atoms with Crippen LogP contribution in [-0.4, -0.2) is 41.2 Å². The molecular formula is C19H24N4O2. The maximum Gasteiger partial charge on any atom is 0.274 e. The molecule has 0 saturated carbocycles. The van der Waals surface area contributed by atoms with E-state index in [9.17, 15) is 4.79 Å². The summed E-state index contributed by atoms with van der Waals surface area (Å²) in [5.74, 6) is 1.81. The second-order valence-electron chi connectivity index (χ2n) is 6.63. The summed E-state index contributed by atoms with van der Waals surface area (Å²) in [7, 11) is 1.63. The molecule has 6 nitrogen and oxygen atoms in total. The average Bonchev–Trinajstić information content (AvgIpc) is 2.62. The largest absolute Gasteiger partial charge is 0.495 e. The Morgan fingerprint density at radius 3 is 2.80 bits per heavy atom. The first-order valence-corrected chi connectivity index (χ1v) is 8.61. The summed E-state index contributed by atoms with van der Waals surface area (Å²) in [5.41, 5.74) is 2.32. The van der Waals surface area contributed by atoms with Crippen LogP contribution in [0.25, 0.3) is 0 Å². The van der Waals surface area contributed by atoms with Gasteiger partial charge < -0.3 is 15.0 Å². The molecule has 6 heteroatoms. The molecule has 1 aliphatic heterocycles. The van der Waals surface area contributed by atoms with Gasteiger partial charge in [-0.1, -0.05) is 13.0 Å². The summed E-state index contributed by atoms with van der Waals surface area (Å²) in [6.07, 6.45) is 2.23. The molecule has 0 aliphatic carbocycles. The van der Waals surface area contributed by atoms with Crippen molar-refractivity contribution in [3.05, 3.63) is 41.6 Å². The number of carbonyl (C=O) groups excluding carboxylic acids is 1. The quantitative estimate of drug-likeness (QED) is 0.924. The van der Waals surface area contributed by atoms with Gasteiger partial charge in [-0.3, -0.25) is 4.79 Å². The number of rotatable bonds is 4. The smallest absolute Gasteiger partial charge is 0.274 e. The Hall–Kier alpha value is -2.63. The highest BCUT2D eigenvalue weighted by molar-refractivity contribution is 5.92. The fourth-order valence-corrected chi connectivity index (χ4v) is 3.11. The maximum absolute atomic E-state index is 12.5. The van der Waals surface area contributed by atoms with Crippen molar-refractivity contribution in [2.45, 2.75) is 26.7 Å². The van der Waals surface area contributed by atoms with Crippen LogP contribution in [0.1, 0.15) is 35.8 Å². The van der Waals surface area contributed by atoms with Gasteiger partial charge in [0.15, 0.2) is 11.5 Å². The van der Waals surface area contributed by atoms with E-state index in [1.165, 1.54) is 6.42 Å². The van der Waals surface area contributed by atoms with Gasteiger partial charge in [-0.25, -0.2) is 0 Å². The molecule has 1 N–H and O–H groups in total. The lowest BCUT2D eigenvalue weighted by molar-refractivity contribution is 0.0676. The van der Waals surface area contributed by atoms with Crippen LogP contribution < -0.4 is 10.1 Å². The van der Waals surface area contributed by atoms with E-state index < -0.39 is 0 Å². The van der Waals surface area contributed by atoms with Gasteiger partial charge in [-0.2, -0.15) is 0 Å². The number of hydrogen-bond acceptors (Lipinski definition) is 5. The van der Waals surface area contributed by atoms with E-state index >= 15 is 0 Å². The van der Waals surface area contributed by atoms with Gasteiger partial charge in [0.05, 0.1) is 12.8 Å². The number of carbonyl (C=O) groups is 1. The molecule has 0 spiro atoms. The first-order chi connectivity index (χ1) is 12.1. The Morgan fingerprint density at radius 1 is 1.28 bits per heavy atom. The summed E-state index contributed by atoms with van der Waals surface area (Å²) in [6, 6.07) is 9.36. The molecule has 0 bridgehead atoms. The monoisotopic (exact) mass is 340 g/mol. The van der Waals surface area contributed by atoms with E-state index in [-0.39, 0.29) is 5.91 Å². The molecule has 1 aromatic carbocycles. The average molecular weight is 340 g/mol. The third kappa shape index (κ3) is 4.07. The highest BCUT2D eigenvalue weighted by Crippen LogP contribution is 2.27. The van der Waals surface area contributed by atoms with E-state index in [2.05, 4.69) is 22.4 Å². The summed E-state index contributed by atoms with van der Waals surface area (Å²) < 4.78 is 5.35. The number of nitrogens with zero attached hydrogens (tertiary/aromatic N) is 3. The molecule has 1 fully saturated rings. The lowest BCUT2D eigenvalue weighted by Crippen LogP contribution is -2.39. The summed E-state index contributed by atoms with van der Waals surface area (Å²) in [4.78, 5) is 14.4. The van der Waals surface area contributed by atoms with Crippen molar-refractivity contribution in [2.75, 3.05) is 25.5 Å². The number of anilines is 2. The van der Waals surface area contributed by atoms with Crippen LogP contribution >= 0.6 is 0 Å². The van der Waals surface area contributed by atoms with E-state index in [1.54, 1.807) is 19.2 Å². The van der Waals surface area contributed by atoms with E-state index in [4.69, 9.17) is 4.74 Å². The maximum atomic E-state index is 12.5. The first-order valence-electron chi connectivity index (χ1n) is 8.61. The standard InChI is InChI=1S/C19H24N4O2/c1-13-6-8-17(25-3)16(11-13)20-18-9-7-15(21-22-18)19(24)23-10-4-5-14(2)12-23/h6-9,11,14H,4-5,10,12H2,1-3H3,(H,20,22). The molecular weight excluding hydrogens is 316 g/mol. The Morgan fingerprint density at radius 2 is 2.12 bits per heavy atom. The summed E-state index contributed by atoms with van der Waals surface area (Å²) >= 11 is 0. The van der Waals surface area contributed by atoms with Crippen LogP contribution in [-0.2, 0) is 0 Å².